The van der Waals surface area contributed by atoms with Crippen LogP contribution in [0.1, 0.15) is 62.9 Å². The third kappa shape index (κ3) is 5.56. The molecule has 0 saturated heterocycles. The molecule has 0 radical (unpaired) electrons. The second-order valence-electron chi connectivity index (χ2n) is 5.95. The van der Waals surface area contributed by atoms with Crippen LogP contribution in [0.4, 0.5) is 0 Å². The summed E-state index contributed by atoms with van der Waals surface area (Å²) in [6.07, 6.45) is 1.12. The maximum Gasteiger partial charge on any atom is 0.188 e. The molecular formula is C17H26O2. The van der Waals surface area contributed by atoms with Gasteiger partial charge in [-0.15, -0.1) is 0 Å². The molecule has 0 bridgehead atoms. The SMILES string of the molecule is CC(C)CC(C)OCC(=O)c1ccc(C(C)C)cc1. The van der Waals surface area contributed by atoms with Gasteiger partial charge in [-0.25, -0.2) is 0 Å². The predicted octanol–water partition coefficient (Wildman–Crippen LogP) is 4.44. The van der Waals surface area contributed by atoms with Crippen molar-refractivity contribution < 1.29 is 9.53 Å². The quantitative estimate of drug-likeness (QED) is 0.679. The molecule has 1 atom stereocenters. The smallest absolute Gasteiger partial charge is 0.188 e. The van der Waals surface area contributed by atoms with E-state index in [0.29, 0.717) is 11.8 Å². The van der Waals surface area contributed by atoms with E-state index < -0.39 is 0 Å². The second kappa shape index (κ2) is 7.44. The summed E-state index contributed by atoms with van der Waals surface area (Å²) in [5.41, 5.74) is 1.99. The Balaban J connectivity index is 2.49. The Hall–Kier alpha value is -1.15. The first-order valence-corrected chi connectivity index (χ1v) is 7.15. The molecule has 0 N–H and O–H groups in total. The van der Waals surface area contributed by atoms with Gasteiger partial charge in [0.05, 0.1) is 6.10 Å². The molecule has 2 heteroatoms. The largest absolute Gasteiger partial charge is 0.370 e. The lowest BCUT2D eigenvalue weighted by Crippen LogP contribution is -2.17. The van der Waals surface area contributed by atoms with Gasteiger partial charge in [0.2, 0.25) is 0 Å². The zero-order valence-corrected chi connectivity index (χ0v) is 12.8. The van der Waals surface area contributed by atoms with Crippen LogP contribution in [0.3, 0.4) is 0 Å². The maximum absolute atomic E-state index is 12.0. The Morgan fingerprint density at radius 2 is 1.63 bits per heavy atom. The van der Waals surface area contributed by atoms with Crippen molar-refractivity contribution in [3.05, 3.63) is 35.4 Å². The van der Waals surface area contributed by atoms with E-state index in [1.54, 1.807) is 0 Å². The van der Waals surface area contributed by atoms with Crippen LogP contribution in [0.15, 0.2) is 24.3 Å². The molecule has 0 spiro atoms. The van der Waals surface area contributed by atoms with Gasteiger partial charge in [0.15, 0.2) is 5.78 Å². The highest BCUT2D eigenvalue weighted by Crippen LogP contribution is 2.15. The number of Topliss-reactive ketones (excluding diaryl/α,β-unsaturated/α-hetero) is 1. The Morgan fingerprint density at radius 3 is 2.11 bits per heavy atom. The molecule has 0 aliphatic heterocycles. The number of carbonyl (C=O) groups is 1. The number of ether oxygens (including phenoxy) is 1. The Kier molecular flexibility index (Phi) is 6.23. The Bertz CT molecular complexity index is 390. The lowest BCUT2D eigenvalue weighted by atomic mass is 10.0. The van der Waals surface area contributed by atoms with E-state index in [1.807, 2.05) is 31.2 Å². The van der Waals surface area contributed by atoms with Gasteiger partial charge in [0.25, 0.3) is 0 Å². The van der Waals surface area contributed by atoms with Gasteiger partial charge in [-0.05, 0) is 30.7 Å². The van der Waals surface area contributed by atoms with E-state index in [9.17, 15) is 4.79 Å². The normalized spacial score (nSPS) is 13.0. The van der Waals surface area contributed by atoms with Crippen molar-refractivity contribution in [1.29, 1.82) is 0 Å². The molecule has 0 aliphatic carbocycles. The molecule has 1 rings (SSSR count). The average molecular weight is 262 g/mol. The van der Waals surface area contributed by atoms with Crippen molar-refractivity contribution in [2.45, 2.75) is 53.1 Å². The van der Waals surface area contributed by atoms with Gasteiger partial charge >= 0.3 is 0 Å². The molecule has 0 fully saturated rings. The fourth-order valence-electron chi connectivity index (χ4n) is 2.09. The molecule has 0 heterocycles. The zero-order valence-electron chi connectivity index (χ0n) is 12.8. The highest BCUT2D eigenvalue weighted by molar-refractivity contribution is 5.97. The van der Waals surface area contributed by atoms with E-state index in [-0.39, 0.29) is 18.5 Å². The summed E-state index contributed by atoms with van der Waals surface area (Å²) < 4.78 is 5.60. The van der Waals surface area contributed by atoms with Crippen molar-refractivity contribution in [1.82, 2.24) is 0 Å². The number of carbonyl (C=O) groups excluding carboxylic acids is 1. The van der Waals surface area contributed by atoms with Crippen LogP contribution in [-0.2, 0) is 4.74 Å². The second-order valence-corrected chi connectivity index (χ2v) is 5.95. The van der Waals surface area contributed by atoms with Gasteiger partial charge in [-0.3, -0.25) is 4.79 Å². The highest BCUT2D eigenvalue weighted by Gasteiger charge is 2.10. The van der Waals surface area contributed by atoms with Crippen LogP contribution < -0.4 is 0 Å². The molecule has 106 valence electrons. The molecule has 0 amide bonds. The van der Waals surface area contributed by atoms with Crippen LogP contribution in [0.5, 0.6) is 0 Å². The Labute approximate surface area is 117 Å². The predicted molar refractivity (Wildman–Crippen MR) is 79.7 cm³/mol. The first-order chi connectivity index (χ1) is 8.90. The molecule has 2 nitrogen and oxygen atoms in total. The van der Waals surface area contributed by atoms with E-state index in [0.717, 1.165) is 12.0 Å². The molecule has 1 aromatic carbocycles. The monoisotopic (exact) mass is 262 g/mol. The van der Waals surface area contributed by atoms with Gasteiger partial charge < -0.3 is 4.74 Å². The molecule has 0 aromatic heterocycles. The lowest BCUT2D eigenvalue weighted by molar-refractivity contribution is 0.0445. The van der Waals surface area contributed by atoms with Crippen LogP contribution in [0, 0.1) is 5.92 Å². The minimum Gasteiger partial charge on any atom is -0.370 e. The minimum atomic E-state index is 0.0610. The van der Waals surface area contributed by atoms with Gasteiger partial charge in [0, 0.05) is 5.56 Å². The van der Waals surface area contributed by atoms with Crippen molar-refractivity contribution in [2.75, 3.05) is 6.61 Å². The van der Waals surface area contributed by atoms with Crippen molar-refractivity contribution in [3.8, 4) is 0 Å². The van der Waals surface area contributed by atoms with Crippen molar-refractivity contribution >= 4 is 5.78 Å². The summed E-state index contributed by atoms with van der Waals surface area (Å²) in [5, 5.41) is 0. The topological polar surface area (TPSA) is 26.3 Å². The Morgan fingerprint density at radius 1 is 1.05 bits per heavy atom. The fourth-order valence-corrected chi connectivity index (χ4v) is 2.09. The molecule has 19 heavy (non-hydrogen) atoms. The summed E-state index contributed by atoms with van der Waals surface area (Å²) in [7, 11) is 0. The summed E-state index contributed by atoms with van der Waals surface area (Å²) in [4.78, 5) is 12.0. The first kappa shape index (κ1) is 15.9. The molecular weight excluding hydrogens is 236 g/mol. The molecule has 0 saturated carbocycles. The summed E-state index contributed by atoms with van der Waals surface area (Å²) in [5.74, 6) is 1.15. The standard InChI is InChI=1S/C17H26O2/c1-12(2)10-14(5)19-11-17(18)16-8-6-15(7-9-16)13(3)4/h6-9,12-14H,10-11H2,1-5H3. The van der Waals surface area contributed by atoms with Gasteiger partial charge in [0.1, 0.15) is 6.61 Å². The van der Waals surface area contributed by atoms with E-state index in [4.69, 9.17) is 4.74 Å². The minimum absolute atomic E-state index is 0.0610. The number of hydrogen-bond donors (Lipinski definition) is 0. The van der Waals surface area contributed by atoms with E-state index >= 15 is 0 Å². The summed E-state index contributed by atoms with van der Waals surface area (Å²) >= 11 is 0. The summed E-state index contributed by atoms with van der Waals surface area (Å²) in [6, 6.07) is 7.84. The third-order valence-electron chi connectivity index (χ3n) is 3.20. The third-order valence-corrected chi connectivity index (χ3v) is 3.20. The summed E-state index contributed by atoms with van der Waals surface area (Å²) in [6.45, 7) is 10.8. The molecule has 1 aromatic rings. The van der Waals surface area contributed by atoms with Gasteiger partial charge in [-0.1, -0.05) is 52.0 Å². The van der Waals surface area contributed by atoms with Crippen molar-refractivity contribution in [3.63, 3.8) is 0 Å². The van der Waals surface area contributed by atoms with Crippen LogP contribution in [0.2, 0.25) is 0 Å². The van der Waals surface area contributed by atoms with Crippen LogP contribution in [-0.4, -0.2) is 18.5 Å². The van der Waals surface area contributed by atoms with Crippen LogP contribution >= 0.6 is 0 Å². The number of hydrogen-bond acceptors (Lipinski definition) is 2. The average Bonchev–Trinajstić information content (AvgIpc) is 2.35. The number of ketones is 1. The number of rotatable bonds is 7. The van der Waals surface area contributed by atoms with Crippen molar-refractivity contribution in [2.24, 2.45) is 5.92 Å². The fraction of sp³-hybridized carbons (Fsp3) is 0.588. The van der Waals surface area contributed by atoms with E-state index in [2.05, 4.69) is 27.7 Å². The van der Waals surface area contributed by atoms with E-state index in [1.165, 1.54) is 5.56 Å². The maximum atomic E-state index is 12.0. The van der Waals surface area contributed by atoms with Crippen LogP contribution in [0.25, 0.3) is 0 Å². The lowest BCUT2D eigenvalue weighted by Gasteiger charge is -2.14. The zero-order chi connectivity index (χ0) is 14.4. The van der Waals surface area contributed by atoms with Gasteiger partial charge in [-0.2, -0.15) is 0 Å². The molecule has 0 aliphatic rings. The first-order valence-electron chi connectivity index (χ1n) is 7.15. The number of benzene rings is 1. The molecule has 1 unspecified atom stereocenters. The highest BCUT2D eigenvalue weighted by atomic mass is 16.5.